The number of thioether (sulfide) groups is 1. The molecule has 4 nitrogen and oxygen atoms in total. The summed E-state index contributed by atoms with van der Waals surface area (Å²) in [4.78, 5) is 19.3. The van der Waals surface area contributed by atoms with E-state index in [9.17, 15) is 4.79 Å². The van der Waals surface area contributed by atoms with Crippen LogP contribution in [-0.2, 0) is 6.54 Å². The molecule has 0 saturated heterocycles. The van der Waals surface area contributed by atoms with Crippen LogP contribution in [0.2, 0.25) is 0 Å². The average Bonchev–Trinajstić information content (AvgIpc) is 2.94. The molecule has 6 heteroatoms. The highest BCUT2D eigenvalue weighted by Gasteiger charge is 2.20. The van der Waals surface area contributed by atoms with Gasteiger partial charge in [0, 0.05) is 11.3 Å². The van der Waals surface area contributed by atoms with Crippen molar-refractivity contribution in [2.45, 2.75) is 43.5 Å². The number of aromatic nitrogens is 2. The average molecular weight is 309 g/mol. The summed E-state index contributed by atoms with van der Waals surface area (Å²) in [6.07, 6.45) is 7.20. The summed E-state index contributed by atoms with van der Waals surface area (Å²) < 4.78 is 0.717. The molecule has 0 bridgehead atoms. The quantitative estimate of drug-likeness (QED) is 0.912. The zero-order valence-electron chi connectivity index (χ0n) is 11.5. The Morgan fingerprint density at radius 3 is 3.00 bits per heavy atom. The molecule has 0 aromatic carbocycles. The van der Waals surface area contributed by atoms with Gasteiger partial charge in [0.1, 0.15) is 10.5 Å². The first-order valence-corrected chi connectivity index (χ1v) is 9.15. The normalized spacial score (nSPS) is 23.2. The van der Waals surface area contributed by atoms with Gasteiger partial charge in [-0.3, -0.25) is 4.79 Å². The van der Waals surface area contributed by atoms with Crippen molar-refractivity contribution in [3.8, 4) is 0 Å². The van der Waals surface area contributed by atoms with Crippen LogP contribution in [0.5, 0.6) is 0 Å². The standard InChI is InChI=1S/C14H19N3OS2/c1-19-10-4-2-9(3-5-10)15-8-12-16-11-6-7-20-13(11)14(18)17-12/h6-7,9-10,15H,2-5,8H2,1H3,(H,16,17,18). The minimum Gasteiger partial charge on any atom is -0.308 e. The highest BCUT2D eigenvalue weighted by atomic mass is 32.2. The summed E-state index contributed by atoms with van der Waals surface area (Å²) in [5.41, 5.74) is 0.787. The summed E-state index contributed by atoms with van der Waals surface area (Å²) in [5, 5.41) is 6.27. The van der Waals surface area contributed by atoms with Gasteiger partial charge in [-0.15, -0.1) is 11.3 Å². The Morgan fingerprint density at radius 1 is 1.45 bits per heavy atom. The third-order valence-electron chi connectivity index (χ3n) is 3.93. The molecule has 0 spiro atoms. The predicted octanol–water partition coefficient (Wildman–Crippen LogP) is 2.75. The molecule has 3 rings (SSSR count). The Balaban J connectivity index is 1.61. The van der Waals surface area contributed by atoms with Crippen molar-refractivity contribution >= 4 is 33.3 Å². The summed E-state index contributed by atoms with van der Waals surface area (Å²) in [7, 11) is 0. The zero-order valence-corrected chi connectivity index (χ0v) is 13.1. The lowest BCUT2D eigenvalue weighted by atomic mass is 9.95. The van der Waals surface area contributed by atoms with E-state index in [2.05, 4.69) is 21.5 Å². The number of rotatable bonds is 4. The fourth-order valence-electron chi connectivity index (χ4n) is 2.75. The number of aromatic amines is 1. The minimum absolute atomic E-state index is 0.0205. The molecule has 2 N–H and O–H groups in total. The van der Waals surface area contributed by atoms with Crippen LogP contribution in [0.15, 0.2) is 16.2 Å². The second-order valence-corrected chi connectivity index (χ2v) is 7.29. The van der Waals surface area contributed by atoms with Crippen LogP contribution in [0.3, 0.4) is 0 Å². The largest absolute Gasteiger partial charge is 0.308 e. The van der Waals surface area contributed by atoms with Gasteiger partial charge in [0.05, 0.1) is 12.1 Å². The van der Waals surface area contributed by atoms with E-state index in [-0.39, 0.29) is 5.56 Å². The summed E-state index contributed by atoms with van der Waals surface area (Å²) in [6, 6.07) is 2.46. The Bertz CT molecular complexity index is 629. The highest BCUT2D eigenvalue weighted by Crippen LogP contribution is 2.26. The number of H-pyrrole nitrogens is 1. The molecule has 2 aromatic rings. The molecule has 0 unspecified atom stereocenters. The lowest BCUT2D eigenvalue weighted by Crippen LogP contribution is -2.34. The molecule has 0 atom stereocenters. The van der Waals surface area contributed by atoms with Crippen LogP contribution in [0.25, 0.3) is 10.2 Å². The van der Waals surface area contributed by atoms with Crippen LogP contribution < -0.4 is 10.9 Å². The van der Waals surface area contributed by atoms with E-state index in [0.717, 1.165) is 16.6 Å². The smallest absolute Gasteiger partial charge is 0.268 e. The van der Waals surface area contributed by atoms with Gasteiger partial charge >= 0.3 is 0 Å². The number of hydrogen-bond acceptors (Lipinski definition) is 5. The summed E-state index contributed by atoms with van der Waals surface area (Å²) in [6.45, 7) is 0.648. The first-order chi connectivity index (χ1) is 9.76. The van der Waals surface area contributed by atoms with Gasteiger partial charge in [0.15, 0.2) is 0 Å². The maximum absolute atomic E-state index is 11.9. The third kappa shape index (κ3) is 3.07. The molecular weight excluding hydrogens is 290 g/mol. The van der Waals surface area contributed by atoms with Gasteiger partial charge in [-0.25, -0.2) is 4.98 Å². The van der Waals surface area contributed by atoms with Crippen LogP contribution in [0, 0.1) is 0 Å². The molecule has 1 aliphatic rings. The van der Waals surface area contributed by atoms with Gasteiger partial charge in [0.2, 0.25) is 0 Å². The molecule has 0 aliphatic heterocycles. The third-order valence-corrected chi connectivity index (χ3v) is 5.97. The van der Waals surface area contributed by atoms with Crippen LogP contribution in [0.4, 0.5) is 0 Å². The summed E-state index contributed by atoms with van der Waals surface area (Å²) >= 11 is 3.42. The lowest BCUT2D eigenvalue weighted by Gasteiger charge is -2.27. The first-order valence-electron chi connectivity index (χ1n) is 6.99. The first kappa shape index (κ1) is 14.1. The molecule has 1 fully saturated rings. The van der Waals surface area contributed by atoms with Crippen molar-refractivity contribution in [3.63, 3.8) is 0 Å². The molecule has 0 amide bonds. The number of fused-ring (bicyclic) bond motifs is 1. The Morgan fingerprint density at radius 2 is 2.25 bits per heavy atom. The monoisotopic (exact) mass is 309 g/mol. The SMILES string of the molecule is CSC1CCC(NCc2nc3ccsc3c(=O)[nH]2)CC1. The van der Waals surface area contributed by atoms with Crippen molar-refractivity contribution in [2.24, 2.45) is 0 Å². The van der Waals surface area contributed by atoms with E-state index >= 15 is 0 Å². The van der Waals surface area contributed by atoms with Gasteiger partial charge in [0.25, 0.3) is 5.56 Å². The summed E-state index contributed by atoms with van der Waals surface area (Å²) in [5.74, 6) is 0.743. The fourth-order valence-corrected chi connectivity index (χ4v) is 4.22. The Hall–Kier alpha value is -0.850. The second kappa shape index (κ2) is 6.28. The van der Waals surface area contributed by atoms with Gasteiger partial charge in [-0.2, -0.15) is 11.8 Å². The number of nitrogens with zero attached hydrogens (tertiary/aromatic N) is 1. The van der Waals surface area contributed by atoms with E-state index in [1.165, 1.54) is 37.0 Å². The van der Waals surface area contributed by atoms with Gasteiger partial charge in [-0.1, -0.05) is 0 Å². The van der Waals surface area contributed by atoms with Crippen LogP contribution in [-0.4, -0.2) is 27.5 Å². The maximum Gasteiger partial charge on any atom is 0.268 e. The topological polar surface area (TPSA) is 57.8 Å². The van der Waals surface area contributed by atoms with Crippen molar-refractivity contribution in [2.75, 3.05) is 6.26 Å². The van der Waals surface area contributed by atoms with Crippen molar-refractivity contribution in [3.05, 3.63) is 27.6 Å². The molecule has 2 heterocycles. The molecule has 1 saturated carbocycles. The molecule has 108 valence electrons. The van der Waals surface area contributed by atoms with Gasteiger partial charge < -0.3 is 10.3 Å². The minimum atomic E-state index is -0.0205. The Kier molecular flexibility index (Phi) is 4.43. The van der Waals surface area contributed by atoms with Crippen LogP contribution in [0.1, 0.15) is 31.5 Å². The van der Waals surface area contributed by atoms with Crippen molar-refractivity contribution in [1.82, 2.24) is 15.3 Å². The molecule has 0 radical (unpaired) electrons. The second-order valence-electron chi connectivity index (χ2n) is 5.24. The van der Waals surface area contributed by atoms with E-state index in [1.807, 2.05) is 23.2 Å². The van der Waals surface area contributed by atoms with E-state index in [0.29, 0.717) is 17.3 Å². The van der Waals surface area contributed by atoms with Crippen molar-refractivity contribution < 1.29 is 0 Å². The van der Waals surface area contributed by atoms with Crippen LogP contribution >= 0.6 is 23.1 Å². The van der Waals surface area contributed by atoms with Crippen molar-refractivity contribution in [1.29, 1.82) is 0 Å². The fraction of sp³-hybridized carbons (Fsp3) is 0.571. The Labute approximate surface area is 126 Å². The number of nitrogens with one attached hydrogen (secondary N) is 2. The lowest BCUT2D eigenvalue weighted by molar-refractivity contribution is 0.375. The van der Waals surface area contributed by atoms with E-state index in [4.69, 9.17) is 0 Å². The molecule has 2 aromatic heterocycles. The maximum atomic E-state index is 11.9. The predicted molar refractivity (Wildman–Crippen MR) is 86.6 cm³/mol. The molecule has 20 heavy (non-hydrogen) atoms. The van der Waals surface area contributed by atoms with E-state index in [1.54, 1.807) is 0 Å². The number of thiophene rings is 1. The van der Waals surface area contributed by atoms with Gasteiger partial charge in [-0.05, 0) is 43.4 Å². The van der Waals surface area contributed by atoms with E-state index < -0.39 is 0 Å². The zero-order chi connectivity index (χ0) is 13.9. The molecule has 1 aliphatic carbocycles. The number of hydrogen-bond donors (Lipinski definition) is 2. The molecular formula is C14H19N3OS2. The highest BCUT2D eigenvalue weighted by molar-refractivity contribution is 7.99.